The average molecular weight is 304 g/mol. The number of hydrogen-bond acceptors (Lipinski definition) is 3. The van der Waals surface area contributed by atoms with E-state index in [9.17, 15) is 9.18 Å². The Bertz CT molecular complexity index is 596. The zero-order chi connectivity index (χ0) is 15.1. The SMILES string of the molecule is CCCCc1ccc(C(=O)OSc2ccccc2F)cc1. The van der Waals surface area contributed by atoms with E-state index in [1.54, 1.807) is 30.3 Å². The molecule has 2 rings (SSSR count). The average Bonchev–Trinajstić information content (AvgIpc) is 2.52. The molecule has 110 valence electrons. The summed E-state index contributed by atoms with van der Waals surface area (Å²) in [5.74, 6) is -0.865. The topological polar surface area (TPSA) is 26.3 Å². The molecule has 0 aliphatic carbocycles. The third-order valence-electron chi connectivity index (χ3n) is 3.05. The van der Waals surface area contributed by atoms with Crippen molar-refractivity contribution >= 4 is 18.0 Å². The van der Waals surface area contributed by atoms with Crippen molar-refractivity contribution in [1.82, 2.24) is 0 Å². The fourth-order valence-corrected chi connectivity index (χ4v) is 2.38. The lowest BCUT2D eigenvalue weighted by Crippen LogP contribution is -2.00. The predicted molar refractivity (Wildman–Crippen MR) is 82.7 cm³/mol. The lowest BCUT2D eigenvalue weighted by Gasteiger charge is -2.05. The molecule has 0 saturated carbocycles. The third kappa shape index (κ3) is 4.60. The van der Waals surface area contributed by atoms with Crippen LogP contribution >= 0.6 is 12.0 Å². The van der Waals surface area contributed by atoms with E-state index in [0.717, 1.165) is 31.3 Å². The maximum atomic E-state index is 13.4. The first kappa shape index (κ1) is 15.6. The van der Waals surface area contributed by atoms with Crippen molar-refractivity contribution in [1.29, 1.82) is 0 Å². The molecule has 0 aliphatic rings. The molecular weight excluding hydrogens is 287 g/mol. The van der Waals surface area contributed by atoms with Gasteiger partial charge >= 0.3 is 5.97 Å². The highest BCUT2D eigenvalue weighted by Crippen LogP contribution is 2.23. The van der Waals surface area contributed by atoms with Crippen LogP contribution in [0.1, 0.15) is 35.7 Å². The summed E-state index contributed by atoms with van der Waals surface area (Å²) >= 11 is 0.744. The van der Waals surface area contributed by atoms with Gasteiger partial charge in [-0.05, 0) is 42.7 Å². The van der Waals surface area contributed by atoms with Crippen LogP contribution in [0, 0.1) is 5.82 Å². The van der Waals surface area contributed by atoms with Gasteiger partial charge in [-0.15, -0.1) is 0 Å². The summed E-state index contributed by atoms with van der Waals surface area (Å²) in [6.45, 7) is 2.14. The second-order valence-electron chi connectivity index (χ2n) is 4.69. The Morgan fingerprint density at radius 1 is 1.14 bits per heavy atom. The number of rotatable bonds is 6. The van der Waals surface area contributed by atoms with Gasteiger partial charge in [-0.1, -0.05) is 37.6 Å². The molecule has 0 N–H and O–H groups in total. The zero-order valence-corrected chi connectivity index (χ0v) is 12.7. The summed E-state index contributed by atoms with van der Waals surface area (Å²) in [5.41, 5.74) is 1.68. The molecule has 21 heavy (non-hydrogen) atoms. The van der Waals surface area contributed by atoms with Gasteiger partial charge < -0.3 is 4.18 Å². The van der Waals surface area contributed by atoms with Crippen LogP contribution in [0.3, 0.4) is 0 Å². The molecular formula is C17H17FO2S. The van der Waals surface area contributed by atoms with Gasteiger partial charge in [-0.3, -0.25) is 0 Å². The van der Waals surface area contributed by atoms with Gasteiger partial charge in [-0.25, -0.2) is 9.18 Å². The van der Waals surface area contributed by atoms with Crippen LogP contribution in [0.25, 0.3) is 0 Å². The number of aryl methyl sites for hydroxylation is 1. The molecule has 0 bridgehead atoms. The van der Waals surface area contributed by atoms with Gasteiger partial charge in [0.05, 0.1) is 22.5 Å². The Hall–Kier alpha value is -1.81. The molecule has 4 heteroatoms. The van der Waals surface area contributed by atoms with Crippen LogP contribution in [0.15, 0.2) is 53.4 Å². The van der Waals surface area contributed by atoms with Crippen LogP contribution < -0.4 is 0 Å². The van der Waals surface area contributed by atoms with Gasteiger partial charge in [0.1, 0.15) is 5.82 Å². The number of unbranched alkanes of at least 4 members (excludes halogenated alkanes) is 1. The Labute approximate surface area is 128 Å². The summed E-state index contributed by atoms with van der Waals surface area (Å²) < 4.78 is 18.5. The fourth-order valence-electron chi connectivity index (χ4n) is 1.83. The molecule has 2 aromatic rings. The van der Waals surface area contributed by atoms with Crippen molar-refractivity contribution in [2.75, 3.05) is 0 Å². The summed E-state index contributed by atoms with van der Waals surface area (Å²) in [6.07, 6.45) is 3.28. The highest BCUT2D eigenvalue weighted by atomic mass is 32.2. The largest absolute Gasteiger partial charge is 0.382 e. The minimum atomic E-state index is -0.467. The Balaban J connectivity index is 1.93. The van der Waals surface area contributed by atoms with E-state index >= 15 is 0 Å². The van der Waals surface area contributed by atoms with E-state index < -0.39 is 11.8 Å². The van der Waals surface area contributed by atoms with Crippen molar-refractivity contribution in [3.63, 3.8) is 0 Å². The van der Waals surface area contributed by atoms with Crippen molar-refractivity contribution in [3.05, 3.63) is 65.5 Å². The second-order valence-corrected chi connectivity index (χ2v) is 5.46. The smallest absolute Gasteiger partial charge is 0.350 e. The monoisotopic (exact) mass is 304 g/mol. The van der Waals surface area contributed by atoms with Crippen molar-refractivity contribution in [2.45, 2.75) is 31.1 Å². The van der Waals surface area contributed by atoms with E-state index in [0.29, 0.717) is 10.5 Å². The molecule has 2 nitrogen and oxygen atoms in total. The molecule has 0 aromatic heterocycles. The van der Waals surface area contributed by atoms with E-state index in [1.807, 2.05) is 12.1 Å². The molecule has 0 fully saturated rings. The Morgan fingerprint density at radius 2 is 1.86 bits per heavy atom. The molecule has 0 spiro atoms. The maximum Gasteiger partial charge on any atom is 0.350 e. The van der Waals surface area contributed by atoms with Gasteiger partial charge in [0.15, 0.2) is 0 Å². The zero-order valence-electron chi connectivity index (χ0n) is 11.8. The summed E-state index contributed by atoms with van der Waals surface area (Å²) in [4.78, 5) is 12.2. The van der Waals surface area contributed by atoms with Crippen molar-refractivity contribution in [3.8, 4) is 0 Å². The fraction of sp³-hybridized carbons (Fsp3) is 0.235. The molecule has 0 heterocycles. The first-order chi connectivity index (χ1) is 10.2. The van der Waals surface area contributed by atoms with Gasteiger partial charge in [-0.2, -0.15) is 0 Å². The van der Waals surface area contributed by atoms with Crippen LogP contribution in [0.4, 0.5) is 4.39 Å². The summed E-state index contributed by atoms with van der Waals surface area (Å²) in [6, 6.07) is 13.5. The van der Waals surface area contributed by atoms with Crippen LogP contribution in [0.5, 0.6) is 0 Å². The normalized spacial score (nSPS) is 10.4. The van der Waals surface area contributed by atoms with Gasteiger partial charge in [0.25, 0.3) is 0 Å². The minimum absolute atomic E-state index is 0.297. The van der Waals surface area contributed by atoms with Crippen LogP contribution in [-0.4, -0.2) is 5.97 Å². The van der Waals surface area contributed by atoms with E-state index in [2.05, 4.69) is 6.92 Å². The van der Waals surface area contributed by atoms with E-state index in [4.69, 9.17) is 4.18 Å². The number of carbonyl (C=O) groups is 1. The molecule has 0 radical (unpaired) electrons. The molecule has 2 aromatic carbocycles. The lowest BCUT2D eigenvalue weighted by molar-refractivity contribution is 0.0768. The predicted octanol–water partition coefficient (Wildman–Crippen LogP) is 5.03. The molecule has 0 aliphatic heterocycles. The maximum absolute atomic E-state index is 13.4. The highest BCUT2D eigenvalue weighted by Gasteiger charge is 2.10. The number of carbonyl (C=O) groups excluding carboxylic acids is 1. The number of hydrogen-bond donors (Lipinski definition) is 0. The number of benzene rings is 2. The first-order valence-corrected chi connectivity index (χ1v) is 7.67. The molecule has 0 saturated heterocycles. The van der Waals surface area contributed by atoms with Crippen molar-refractivity contribution < 1.29 is 13.4 Å². The van der Waals surface area contributed by atoms with Crippen LogP contribution in [0.2, 0.25) is 0 Å². The molecule has 0 atom stereocenters. The van der Waals surface area contributed by atoms with E-state index in [-0.39, 0.29) is 0 Å². The second kappa shape index (κ2) is 7.84. The Morgan fingerprint density at radius 3 is 2.52 bits per heavy atom. The minimum Gasteiger partial charge on any atom is -0.382 e. The third-order valence-corrected chi connectivity index (χ3v) is 3.80. The quantitative estimate of drug-likeness (QED) is 0.700. The summed E-state index contributed by atoms with van der Waals surface area (Å²) in [5, 5.41) is 0. The molecule has 0 unspecified atom stereocenters. The Kier molecular flexibility index (Phi) is 5.81. The van der Waals surface area contributed by atoms with E-state index in [1.165, 1.54) is 11.6 Å². The highest BCUT2D eigenvalue weighted by molar-refractivity contribution is 7.95. The standard InChI is InChI=1S/C17H17FO2S/c1-2-3-6-13-9-11-14(12-10-13)17(19)20-21-16-8-5-4-7-15(16)18/h4-5,7-12H,2-3,6H2,1H3. The molecule has 0 amide bonds. The summed E-state index contributed by atoms with van der Waals surface area (Å²) in [7, 11) is 0. The van der Waals surface area contributed by atoms with Crippen LogP contribution in [-0.2, 0) is 10.6 Å². The lowest BCUT2D eigenvalue weighted by atomic mass is 10.1. The number of halogens is 1. The van der Waals surface area contributed by atoms with Gasteiger partial charge in [0, 0.05) is 0 Å². The van der Waals surface area contributed by atoms with Gasteiger partial charge in [0.2, 0.25) is 0 Å². The van der Waals surface area contributed by atoms with Crippen molar-refractivity contribution in [2.24, 2.45) is 0 Å². The first-order valence-electron chi connectivity index (χ1n) is 6.93.